The van der Waals surface area contributed by atoms with Crippen molar-refractivity contribution in [1.82, 2.24) is 24.2 Å². The molecule has 0 fully saturated rings. The number of imidazole rings is 2. The van der Waals surface area contributed by atoms with Gasteiger partial charge in [0, 0.05) is 25.0 Å². The Bertz CT molecular complexity index is 602. The molecular weight excluding hydrogens is 254 g/mol. The average Bonchev–Trinajstić information content (AvgIpc) is 2.88. The number of rotatable bonds is 5. The van der Waals surface area contributed by atoms with Crippen LogP contribution in [0.2, 0.25) is 0 Å². The van der Waals surface area contributed by atoms with Crippen LogP contribution in [0.25, 0.3) is 0 Å². The topological polar surface area (TPSA) is 92.7 Å². The van der Waals surface area contributed by atoms with Crippen molar-refractivity contribution >= 4 is 10.0 Å². The molecule has 0 saturated heterocycles. The van der Waals surface area contributed by atoms with Crippen LogP contribution in [0.5, 0.6) is 0 Å². The predicted octanol–water partition coefficient (Wildman–Crippen LogP) is 0.282. The highest BCUT2D eigenvalue weighted by Gasteiger charge is 2.19. The summed E-state index contributed by atoms with van der Waals surface area (Å²) in [4.78, 5) is 10.5. The molecule has 1 unspecified atom stereocenters. The maximum Gasteiger partial charge on any atom is 0.257 e. The molecule has 98 valence electrons. The molecule has 2 rings (SSSR count). The summed E-state index contributed by atoms with van der Waals surface area (Å²) in [7, 11) is -3.54. The van der Waals surface area contributed by atoms with Crippen LogP contribution < -0.4 is 4.72 Å². The van der Waals surface area contributed by atoms with E-state index in [1.807, 2.05) is 4.57 Å². The Morgan fingerprint density at radius 2 is 2.33 bits per heavy atom. The summed E-state index contributed by atoms with van der Waals surface area (Å²) < 4.78 is 28.3. The summed E-state index contributed by atoms with van der Waals surface area (Å²) in [6, 6.07) is -0.243. The second-order valence-electron chi connectivity index (χ2n) is 4.11. The normalized spacial score (nSPS) is 13.7. The summed E-state index contributed by atoms with van der Waals surface area (Å²) in [6.07, 6.45) is 6.39. The van der Waals surface area contributed by atoms with E-state index >= 15 is 0 Å². The highest BCUT2D eigenvalue weighted by atomic mass is 32.2. The zero-order chi connectivity index (χ0) is 13.2. The largest absolute Gasteiger partial charge is 0.336 e. The lowest BCUT2D eigenvalue weighted by Crippen LogP contribution is -2.35. The third kappa shape index (κ3) is 2.96. The summed E-state index contributed by atoms with van der Waals surface area (Å²) in [5.74, 6) is 0.567. The van der Waals surface area contributed by atoms with Crippen LogP contribution in [0.4, 0.5) is 0 Å². The van der Waals surface area contributed by atoms with Crippen LogP contribution in [-0.2, 0) is 16.6 Å². The van der Waals surface area contributed by atoms with Crippen molar-refractivity contribution in [1.29, 1.82) is 0 Å². The number of aryl methyl sites for hydroxylation is 1. The molecule has 0 aliphatic rings. The number of hydrogen-bond donors (Lipinski definition) is 2. The monoisotopic (exact) mass is 269 g/mol. The van der Waals surface area contributed by atoms with Gasteiger partial charge in [-0.25, -0.2) is 23.1 Å². The van der Waals surface area contributed by atoms with Crippen molar-refractivity contribution in [2.45, 2.75) is 31.5 Å². The molecule has 2 aromatic heterocycles. The standard InChI is InChI=1S/C10H15N5O2S/c1-8(6-15-4-3-11-7-15)14-18(16,17)10-5-12-9(2)13-10/h3-5,7-8,14H,6H2,1-2H3,(H,12,13). The molecule has 7 nitrogen and oxygen atoms in total. The number of aromatic amines is 1. The van der Waals surface area contributed by atoms with Crippen molar-refractivity contribution in [3.8, 4) is 0 Å². The van der Waals surface area contributed by atoms with E-state index in [0.29, 0.717) is 12.4 Å². The first kappa shape index (κ1) is 12.8. The molecule has 0 aliphatic heterocycles. The molecule has 8 heteroatoms. The summed E-state index contributed by atoms with van der Waals surface area (Å²) in [5.41, 5.74) is 0. The molecule has 0 aromatic carbocycles. The third-order valence-electron chi connectivity index (χ3n) is 2.37. The number of H-pyrrole nitrogens is 1. The van der Waals surface area contributed by atoms with Gasteiger partial charge in [-0.1, -0.05) is 0 Å². The molecule has 0 aliphatic carbocycles. The maximum absolute atomic E-state index is 12.0. The molecule has 2 heterocycles. The Kier molecular flexibility index (Phi) is 3.48. The van der Waals surface area contributed by atoms with E-state index in [4.69, 9.17) is 0 Å². The second-order valence-corrected chi connectivity index (χ2v) is 5.80. The van der Waals surface area contributed by atoms with E-state index in [1.165, 1.54) is 6.20 Å². The van der Waals surface area contributed by atoms with Crippen LogP contribution in [-0.4, -0.2) is 34.0 Å². The van der Waals surface area contributed by atoms with Gasteiger partial charge in [-0.2, -0.15) is 0 Å². The molecule has 0 saturated carbocycles. The summed E-state index contributed by atoms with van der Waals surface area (Å²) >= 11 is 0. The van der Waals surface area contributed by atoms with Gasteiger partial charge in [-0.15, -0.1) is 0 Å². The molecule has 0 radical (unpaired) electrons. The van der Waals surface area contributed by atoms with Gasteiger partial charge in [0.2, 0.25) is 0 Å². The quantitative estimate of drug-likeness (QED) is 0.815. The first-order valence-electron chi connectivity index (χ1n) is 5.47. The first-order valence-corrected chi connectivity index (χ1v) is 6.95. The van der Waals surface area contributed by atoms with Crippen molar-refractivity contribution in [3.63, 3.8) is 0 Å². The van der Waals surface area contributed by atoms with Crippen molar-refractivity contribution < 1.29 is 8.42 Å². The predicted molar refractivity (Wildman–Crippen MR) is 65.3 cm³/mol. The minimum absolute atomic E-state index is 0.0810. The van der Waals surface area contributed by atoms with Gasteiger partial charge >= 0.3 is 0 Å². The van der Waals surface area contributed by atoms with Gasteiger partial charge in [0.25, 0.3) is 10.0 Å². The second kappa shape index (κ2) is 4.91. The summed E-state index contributed by atoms with van der Waals surface area (Å²) in [6.45, 7) is 4.01. The Labute approximate surface area is 105 Å². The third-order valence-corrected chi connectivity index (χ3v) is 3.87. The first-order chi connectivity index (χ1) is 8.47. The fraction of sp³-hybridized carbons (Fsp3) is 0.400. The molecule has 0 bridgehead atoms. The zero-order valence-corrected chi connectivity index (χ0v) is 11.0. The van der Waals surface area contributed by atoms with Gasteiger partial charge in [0.1, 0.15) is 5.82 Å². The van der Waals surface area contributed by atoms with Crippen molar-refractivity contribution in [2.24, 2.45) is 0 Å². The van der Waals surface area contributed by atoms with Crippen LogP contribution in [0.1, 0.15) is 12.7 Å². The SMILES string of the molecule is Cc1ncc(S(=O)(=O)NC(C)Cn2ccnc2)[nH]1. The van der Waals surface area contributed by atoms with Crippen LogP contribution in [0.3, 0.4) is 0 Å². The van der Waals surface area contributed by atoms with E-state index < -0.39 is 10.0 Å². The zero-order valence-electron chi connectivity index (χ0n) is 10.2. The Balaban J connectivity index is 2.04. The number of hydrogen-bond acceptors (Lipinski definition) is 4. The van der Waals surface area contributed by atoms with Gasteiger partial charge < -0.3 is 9.55 Å². The van der Waals surface area contributed by atoms with Crippen LogP contribution in [0.15, 0.2) is 29.9 Å². The highest BCUT2D eigenvalue weighted by molar-refractivity contribution is 7.89. The van der Waals surface area contributed by atoms with Crippen molar-refractivity contribution in [2.75, 3.05) is 0 Å². The summed E-state index contributed by atoms with van der Waals surface area (Å²) in [5, 5.41) is 0.0810. The number of aromatic nitrogens is 4. The molecule has 2 N–H and O–H groups in total. The van der Waals surface area contributed by atoms with Crippen LogP contribution >= 0.6 is 0 Å². The molecule has 18 heavy (non-hydrogen) atoms. The Hall–Kier alpha value is -1.67. The fourth-order valence-electron chi connectivity index (χ4n) is 1.61. The van der Waals surface area contributed by atoms with E-state index in [0.717, 1.165) is 0 Å². The maximum atomic E-state index is 12.0. The lowest BCUT2D eigenvalue weighted by Gasteiger charge is -2.13. The van der Waals surface area contributed by atoms with E-state index in [-0.39, 0.29) is 11.1 Å². The van der Waals surface area contributed by atoms with Gasteiger partial charge in [0.15, 0.2) is 5.03 Å². The minimum atomic E-state index is -3.54. The molecule has 0 amide bonds. The average molecular weight is 269 g/mol. The van der Waals surface area contributed by atoms with E-state index in [1.54, 1.807) is 32.6 Å². The smallest absolute Gasteiger partial charge is 0.257 e. The van der Waals surface area contributed by atoms with Crippen molar-refractivity contribution in [3.05, 3.63) is 30.7 Å². The lowest BCUT2D eigenvalue weighted by atomic mass is 10.4. The lowest BCUT2D eigenvalue weighted by molar-refractivity contribution is 0.518. The van der Waals surface area contributed by atoms with Gasteiger partial charge in [0.05, 0.1) is 12.5 Å². The van der Waals surface area contributed by atoms with E-state index in [9.17, 15) is 8.42 Å². The molecule has 2 aromatic rings. The van der Waals surface area contributed by atoms with Crippen LogP contribution in [0, 0.1) is 6.92 Å². The van der Waals surface area contributed by atoms with E-state index in [2.05, 4.69) is 19.7 Å². The minimum Gasteiger partial charge on any atom is -0.336 e. The Morgan fingerprint density at radius 1 is 1.56 bits per heavy atom. The number of nitrogens with one attached hydrogen (secondary N) is 2. The number of nitrogens with zero attached hydrogens (tertiary/aromatic N) is 3. The molecular formula is C10H15N5O2S. The fourth-order valence-corrected chi connectivity index (χ4v) is 2.82. The Morgan fingerprint density at radius 3 is 2.89 bits per heavy atom. The highest BCUT2D eigenvalue weighted by Crippen LogP contribution is 2.06. The van der Waals surface area contributed by atoms with Gasteiger partial charge in [-0.3, -0.25) is 0 Å². The van der Waals surface area contributed by atoms with Gasteiger partial charge in [-0.05, 0) is 13.8 Å². The number of sulfonamides is 1. The molecule has 1 atom stereocenters. The molecule has 0 spiro atoms.